The zero-order chi connectivity index (χ0) is 24.9. The van der Waals surface area contributed by atoms with Crippen molar-refractivity contribution in [2.75, 3.05) is 26.6 Å². The summed E-state index contributed by atoms with van der Waals surface area (Å²) in [5, 5.41) is 9.06. The lowest BCUT2D eigenvalue weighted by molar-refractivity contribution is 0.102. The van der Waals surface area contributed by atoms with Crippen molar-refractivity contribution >= 4 is 22.4 Å². The lowest BCUT2D eigenvalue weighted by Gasteiger charge is -2.12. The van der Waals surface area contributed by atoms with Gasteiger partial charge in [0.2, 0.25) is 0 Å². The zero-order valence-electron chi connectivity index (χ0n) is 20.0. The summed E-state index contributed by atoms with van der Waals surface area (Å²) in [4.78, 5) is 17.4. The van der Waals surface area contributed by atoms with Gasteiger partial charge in [-0.2, -0.15) is 0 Å². The summed E-state index contributed by atoms with van der Waals surface area (Å²) in [6.45, 7) is 3.96. The third-order valence-electron chi connectivity index (χ3n) is 5.39. The third-order valence-corrected chi connectivity index (χ3v) is 6.14. The van der Waals surface area contributed by atoms with Gasteiger partial charge in [-0.05, 0) is 50.2 Å². The second-order valence-corrected chi connectivity index (χ2v) is 8.37. The molecule has 0 unspecified atom stereocenters. The van der Waals surface area contributed by atoms with Crippen LogP contribution in [-0.4, -0.2) is 37.4 Å². The second-order valence-electron chi connectivity index (χ2n) is 7.52. The molecule has 2 aromatic carbocycles. The molecule has 10 heteroatoms. The smallest absolute Gasteiger partial charge is 0.257 e. The maximum Gasteiger partial charge on any atom is 0.257 e. The number of carbonyl (C=O) groups is 1. The fraction of sp³-hybridized carbons (Fsp3) is 0.240. The number of rotatable bonds is 9. The van der Waals surface area contributed by atoms with Crippen LogP contribution in [-0.2, 0) is 6.61 Å². The van der Waals surface area contributed by atoms with Gasteiger partial charge in [0.25, 0.3) is 5.91 Å². The van der Waals surface area contributed by atoms with E-state index in [0.29, 0.717) is 45.1 Å². The molecule has 182 valence electrons. The molecule has 0 bridgehead atoms. The minimum atomic E-state index is -0.320. The van der Waals surface area contributed by atoms with Crippen LogP contribution in [0.4, 0.5) is 5.13 Å². The van der Waals surface area contributed by atoms with Crippen molar-refractivity contribution in [3.63, 3.8) is 0 Å². The van der Waals surface area contributed by atoms with Crippen LogP contribution in [0.15, 0.2) is 46.3 Å². The van der Waals surface area contributed by atoms with Gasteiger partial charge in [-0.3, -0.25) is 10.1 Å². The van der Waals surface area contributed by atoms with Crippen LogP contribution in [0.25, 0.3) is 11.3 Å². The molecule has 1 amide bonds. The molecular weight excluding hydrogens is 470 g/mol. The molecule has 9 nitrogen and oxygen atoms in total. The van der Waals surface area contributed by atoms with Gasteiger partial charge in [-0.1, -0.05) is 5.16 Å². The summed E-state index contributed by atoms with van der Waals surface area (Å²) in [6, 6.07) is 10.4. The maximum atomic E-state index is 12.9. The standard InChI is InChI=1S/C25H25N3O6S/c1-14-19(15(2)34-28-14)12-33-22-8-6-16(10-23(22)32-5)24(29)27-25-26-20(13-35-25)18-11-17(30-3)7-9-21(18)31-4/h6-11,13H,12H2,1-5H3,(H,26,27,29). The minimum Gasteiger partial charge on any atom is -0.497 e. The molecule has 0 atom stereocenters. The number of aromatic nitrogens is 2. The topological polar surface area (TPSA) is 105 Å². The predicted octanol–water partition coefficient (Wildman–Crippen LogP) is 5.27. The third kappa shape index (κ3) is 5.22. The summed E-state index contributed by atoms with van der Waals surface area (Å²) in [7, 11) is 4.71. The Balaban J connectivity index is 1.48. The van der Waals surface area contributed by atoms with Crippen LogP contribution in [0.3, 0.4) is 0 Å². The molecule has 0 fully saturated rings. The Labute approximate surface area is 206 Å². The summed E-state index contributed by atoms with van der Waals surface area (Å²) >= 11 is 1.31. The van der Waals surface area contributed by atoms with E-state index in [0.717, 1.165) is 16.8 Å². The summed E-state index contributed by atoms with van der Waals surface area (Å²) < 4.78 is 27.2. The normalized spacial score (nSPS) is 10.7. The van der Waals surface area contributed by atoms with Crippen LogP contribution >= 0.6 is 11.3 Å². The molecule has 1 N–H and O–H groups in total. The van der Waals surface area contributed by atoms with Gasteiger partial charge in [0, 0.05) is 16.5 Å². The lowest BCUT2D eigenvalue weighted by atomic mass is 10.1. The van der Waals surface area contributed by atoms with Gasteiger partial charge in [0.15, 0.2) is 16.6 Å². The van der Waals surface area contributed by atoms with Crippen molar-refractivity contribution in [2.24, 2.45) is 0 Å². The first-order valence-electron chi connectivity index (χ1n) is 10.6. The Hall–Kier alpha value is -4.05. The highest BCUT2D eigenvalue weighted by atomic mass is 32.1. The highest BCUT2D eigenvalue weighted by molar-refractivity contribution is 7.14. The van der Waals surface area contributed by atoms with Gasteiger partial charge in [-0.25, -0.2) is 4.98 Å². The van der Waals surface area contributed by atoms with Gasteiger partial charge in [0.05, 0.1) is 38.3 Å². The number of carbonyl (C=O) groups excluding carboxylic acids is 1. The fourth-order valence-electron chi connectivity index (χ4n) is 3.42. The van der Waals surface area contributed by atoms with Crippen molar-refractivity contribution < 1.29 is 28.3 Å². The van der Waals surface area contributed by atoms with Crippen molar-refractivity contribution in [1.82, 2.24) is 10.1 Å². The van der Waals surface area contributed by atoms with E-state index in [1.165, 1.54) is 18.4 Å². The van der Waals surface area contributed by atoms with Crippen molar-refractivity contribution in [1.29, 1.82) is 0 Å². The molecule has 2 aromatic heterocycles. The Morgan fingerprint density at radius 2 is 1.77 bits per heavy atom. The van der Waals surface area contributed by atoms with E-state index in [2.05, 4.69) is 15.5 Å². The fourth-order valence-corrected chi connectivity index (χ4v) is 4.13. The number of benzene rings is 2. The summed E-state index contributed by atoms with van der Waals surface area (Å²) in [6.07, 6.45) is 0. The average Bonchev–Trinajstić information content (AvgIpc) is 3.47. The van der Waals surface area contributed by atoms with E-state index in [9.17, 15) is 4.79 Å². The minimum absolute atomic E-state index is 0.276. The average molecular weight is 496 g/mol. The zero-order valence-corrected chi connectivity index (χ0v) is 20.8. The molecule has 0 aliphatic heterocycles. The Kier molecular flexibility index (Phi) is 7.21. The first kappa shape index (κ1) is 24.1. The number of hydrogen-bond acceptors (Lipinski definition) is 9. The SMILES string of the molecule is COc1ccc(OC)c(-c2csc(NC(=O)c3ccc(OCc4c(C)noc4C)c(OC)c3)n2)c1. The van der Waals surface area contributed by atoms with Crippen LogP contribution in [0.1, 0.15) is 27.4 Å². The Morgan fingerprint density at radius 1 is 1.00 bits per heavy atom. The second kappa shape index (κ2) is 10.5. The van der Waals surface area contributed by atoms with Crippen LogP contribution in [0.2, 0.25) is 0 Å². The molecule has 0 spiro atoms. The number of hydrogen-bond donors (Lipinski definition) is 1. The highest BCUT2D eigenvalue weighted by Crippen LogP contribution is 2.35. The van der Waals surface area contributed by atoms with Gasteiger partial charge < -0.3 is 23.5 Å². The van der Waals surface area contributed by atoms with E-state index in [1.54, 1.807) is 32.4 Å². The highest BCUT2D eigenvalue weighted by Gasteiger charge is 2.17. The number of thiazole rings is 1. The molecule has 2 heterocycles. The van der Waals surface area contributed by atoms with Crippen molar-refractivity contribution in [3.8, 4) is 34.3 Å². The molecule has 0 saturated carbocycles. The molecule has 4 rings (SSSR count). The van der Waals surface area contributed by atoms with Crippen molar-refractivity contribution in [2.45, 2.75) is 20.5 Å². The molecule has 0 saturated heterocycles. The number of methoxy groups -OCH3 is 3. The first-order chi connectivity index (χ1) is 16.9. The molecule has 0 aliphatic carbocycles. The molecule has 0 radical (unpaired) electrons. The molecule has 35 heavy (non-hydrogen) atoms. The summed E-state index contributed by atoms with van der Waals surface area (Å²) in [5.41, 5.74) is 3.49. The monoisotopic (exact) mass is 495 g/mol. The van der Waals surface area contributed by atoms with Crippen LogP contribution in [0.5, 0.6) is 23.0 Å². The maximum absolute atomic E-state index is 12.9. The number of anilines is 1. The number of ether oxygens (including phenoxy) is 4. The molecular formula is C25H25N3O6S. The van der Waals surface area contributed by atoms with Gasteiger partial charge in [0.1, 0.15) is 23.9 Å². The summed E-state index contributed by atoms with van der Waals surface area (Å²) in [5.74, 6) is 2.66. The molecule has 0 aliphatic rings. The number of nitrogens with zero attached hydrogens (tertiary/aromatic N) is 2. The van der Waals surface area contributed by atoms with E-state index >= 15 is 0 Å². The lowest BCUT2D eigenvalue weighted by Crippen LogP contribution is -2.12. The predicted molar refractivity (Wildman–Crippen MR) is 132 cm³/mol. The van der Waals surface area contributed by atoms with E-state index in [1.807, 2.05) is 37.4 Å². The Bertz CT molecular complexity index is 1330. The number of aryl methyl sites for hydroxylation is 2. The van der Waals surface area contributed by atoms with E-state index in [-0.39, 0.29) is 12.5 Å². The van der Waals surface area contributed by atoms with Gasteiger partial charge >= 0.3 is 0 Å². The van der Waals surface area contributed by atoms with Crippen molar-refractivity contribution in [3.05, 3.63) is 64.4 Å². The van der Waals surface area contributed by atoms with Gasteiger partial charge in [-0.15, -0.1) is 11.3 Å². The Morgan fingerprint density at radius 3 is 2.46 bits per heavy atom. The van der Waals surface area contributed by atoms with Crippen LogP contribution in [0, 0.1) is 13.8 Å². The molecule has 4 aromatic rings. The number of amides is 1. The first-order valence-corrected chi connectivity index (χ1v) is 11.5. The van der Waals surface area contributed by atoms with E-state index in [4.69, 9.17) is 23.5 Å². The van der Waals surface area contributed by atoms with E-state index < -0.39 is 0 Å². The quantitative estimate of drug-likeness (QED) is 0.335. The largest absolute Gasteiger partial charge is 0.497 e. The number of nitrogens with one attached hydrogen (secondary N) is 1. The van der Waals surface area contributed by atoms with Crippen LogP contribution < -0.4 is 24.3 Å².